The highest BCUT2D eigenvalue weighted by Gasteiger charge is 2.15. The lowest BCUT2D eigenvalue weighted by molar-refractivity contribution is 0.649. The number of benzene rings is 1. The minimum atomic E-state index is 0.346. The molecule has 2 nitrogen and oxygen atoms in total. The van der Waals surface area contributed by atoms with Crippen LogP contribution in [-0.2, 0) is 0 Å². The maximum Gasteiger partial charge on any atom is 0.0603 e. The maximum atomic E-state index is 3.69. The van der Waals surface area contributed by atoms with Gasteiger partial charge in [0.2, 0.25) is 0 Å². The summed E-state index contributed by atoms with van der Waals surface area (Å²) in [4.78, 5) is 3.70. The predicted octanol–water partition coefficient (Wildman–Crippen LogP) is 4.99. The van der Waals surface area contributed by atoms with Crippen LogP contribution in [0, 0.1) is 0 Å². The van der Waals surface area contributed by atoms with Gasteiger partial charge in [-0.1, -0.05) is 28.1 Å². The number of hydrogen-bond acceptors (Lipinski definition) is 3. The van der Waals surface area contributed by atoms with Crippen LogP contribution in [0.2, 0.25) is 0 Å². The molecule has 1 N–H and O–H groups in total. The minimum absolute atomic E-state index is 0.346. The molecule has 0 aliphatic carbocycles. The quantitative estimate of drug-likeness (QED) is 0.815. The van der Waals surface area contributed by atoms with E-state index in [-0.39, 0.29) is 0 Å². The smallest absolute Gasteiger partial charge is 0.0603 e. The molecule has 1 aromatic carbocycles. The van der Waals surface area contributed by atoms with Crippen LogP contribution in [0.25, 0.3) is 0 Å². The standard InChI is InChI=1S/C16H21BrN2S/c1-11(18-3)14-8-7-13(10-15(14)17)19(4)12(2)16-6-5-9-20-16/h5-12,18H,1-4H3. The summed E-state index contributed by atoms with van der Waals surface area (Å²) in [6, 6.07) is 11.6. The van der Waals surface area contributed by atoms with Crippen molar-refractivity contribution in [2.24, 2.45) is 0 Å². The highest BCUT2D eigenvalue weighted by molar-refractivity contribution is 9.10. The number of thiophene rings is 1. The topological polar surface area (TPSA) is 15.3 Å². The van der Waals surface area contributed by atoms with Gasteiger partial charge in [0.15, 0.2) is 0 Å². The van der Waals surface area contributed by atoms with E-state index in [1.165, 1.54) is 16.1 Å². The van der Waals surface area contributed by atoms with E-state index < -0.39 is 0 Å². The highest BCUT2D eigenvalue weighted by atomic mass is 79.9. The Morgan fingerprint density at radius 1 is 1.25 bits per heavy atom. The molecule has 0 amide bonds. The van der Waals surface area contributed by atoms with Crippen molar-refractivity contribution in [1.82, 2.24) is 5.32 Å². The van der Waals surface area contributed by atoms with E-state index in [1.807, 2.05) is 7.05 Å². The van der Waals surface area contributed by atoms with Crippen molar-refractivity contribution in [2.45, 2.75) is 25.9 Å². The first-order chi connectivity index (χ1) is 9.54. The number of anilines is 1. The lowest BCUT2D eigenvalue weighted by Gasteiger charge is -2.27. The molecule has 4 heteroatoms. The second-order valence-electron chi connectivity index (χ2n) is 5.02. The number of nitrogens with zero attached hydrogens (tertiary/aromatic N) is 1. The third-order valence-corrected chi connectivity index (χ3v) is 5.56. The average molecular weight is 353 g/mol. The van der Waals surface area contributed by atoms with E-state index in [4.69, 9.17) is 0 Å². The number of halogens is 1. The molecule has 0 aliphatic heterocycles. The van der Waals surface area contributed by atoms with Crippen molar-refractivity contribution in [2.75, 3.05) is 19.0 Å². The lowest BCUT2D eigenvalue weighted by atomic mass is 10.1. The minimum Gasteiger partial charge on any atom is -0.367 e. The summed E-state index contributed by atoms with van der Waals surface area (Å²) >= 11 is 5.50. The van der Waals surface area contributed by atoms with Gasteiger partial charge in [-0.15, -0.1) is 11.3 Å². The second-order valence-corrected chi connectivity index (χ2v) is 6.85. The zero-order valence-corrected chi connectivity index (χ0v) is 14.8. The van der Waals surface area contributed by atoms with Crippen LogP contribution in [0.5, 0.6) is 0 Å². The van der Waals surface area contributed by atoms with Crippen LogP contribution in [0.4, 0.5) is 5.69 Å². The lowest BCUT2D eigenvalue weighted by Crippen LogP contribution is -2.21. The Labute approximate surface area is 133 Å². The van der Waals surface area contributed by atoms with Crippen LogP contribution in [0.15, 0.2) is 40.2 Å². The van der Waals surface area contributed by atoms with Gasteiger partial charge < -0.3 is 10.2 Å². The van der Waals surface area contributed by atoms with Gasteiger partial charge in [-0.2, -0.15) is 0 Å². The first-order valence-electron chi connectivity index (χ1n) is 6.77. The van der Waals surface area contributed by atoms with Crippen LogP contribution in [-0.4, -0.2) is 14.1 Å². The number of rotatable bonds is 5. The summed E-state index contributed by atoms with van der Waals surface area (Å²) in [5, 5.41) is 5.41. The Kier molecular flexibility index (Phi) is 5.24. The van der Waals surface area contributed by atoms with Crippen molar-refractivity contribution in [3.63, 3.8) is 0 Å². The van der Waals surface area contributed by atoms with Gasteiger partial charge in [-0.3, -0.25) is 0 Å². The van der Waals surface area contributed by atoms with Crippen LogP contribution in [0.3, 0.4) is 0 Å². The molecule has 0 fully saturated rings. The number of hydrogen-bond donors (Lipinski definition) is 1. The Morgan fingerprint density at radius 2 is 2.00 bits per heavy atom. The first-order valence-corrected chi connectivity index (χ1v) is 8.44. The van der Waals surface area contributed by atoms with Gasteiger partial charge in [0.25, 0.3) is 0 Å². The summed E-state index contributed by atoms with van der Waals surface area (Å²) in [6.07, 6.45) is 0. The second kappa shape index (κ2) is 6.74. The first kappa shape index (κ1) is 15.5. The molecule has 2 unspecified atom stereocenters. The molecule has 2 aromatic rings. The molecule has 2 atom stereocenters. The molecule has 0 saturated carbocycles. The van der Waals surface area contributed by atoms with Gasteiger partial charge in [-0.05, 0) is 50.0 Å². The molecule has 0 spiro atoms. The third kappa shape index (κ3) is 3.25. The molecule has 1 aromatic heterocycles. The van der Waals surface area contributed by atoms with Crippen molar-refractivity contribution >= 4 is 33.0 Å². The van der Waals surface area contributed by atoms with Gasteiger partial charge in [0.05, 0.1) is 6.04 Å². The fraction of sp³-hybridized carbons (Fsp3) is 0.375. The van der Waals surface area contributed by atoms with E-state index in [2.05, 4.69) is 82.8 Å². The summed E-state index contributed by atoms with van der Waals surface area (Å²) in [7, 11) is 4.13. The van der Waals surface area contributed by atoms with Crippen molar-refractivity contribution in [3.8, 4) is 0 Å². The van der Waals surface area contributed by atoms with Gasteiger partial charge >= 0.3 is 0 Å². The van der Waals surface area contributed by atoms with Crippen LogP contribution < -0.4 is 10.2 Å². The Balaban J connectivity index is 2.23. The zero-order chi connectivity index (χ0) is 14.7. The molecule has 2 rings (SSSR count). The van der Waals surface area contributed by atoms with E-state index in [0.29, 0.717) is 12.1 Å². The van der Waals surface area contributed by atoms with Crippen LogP contribution >= 0.6 is 27.3 Å². The fourth-order valence-electron chi connectivity index (χ4n) is 2.19. The monoisotopic (exact) mass is 352 g/mol. The average Bonchev–Trinajstić information content (AvgIpc) is 2.99. The SMILES string of the molecule is CNC(C)c1ccc(N(C)C(C)c2cccs2)cc1Br. The van der Waals surface area contributed by atoms with E-state index >= 15 is 0 Å². The molecular formula is C16H21BrN2S. The number of nitrogens with one attached hydrogen (secondary N) is 1. The molecule has 0 radical (unpaired) electrons. The highest BCUT2D eigenvalue weighted by Crippen LogP contribution is 2.32. The summed E-state index contributed by atoms with van der Waals surface area (Å²) in [6.45, 7) is 4.40. The van der Waals surface area contributed by atoms with Gasteiger partial charge in [0, 0.05) is 28.1 Å². The summed E-state index contributed by atoms with van der Waals surface area (Å²) in [5.74, 6) is 0. The molecular weight excluding hydrogens is 332 g/mol. The Bertz CT molecular complexity index is 554. The predicted molar refractivity (Wildman–Crippen MR) is 92.8 cm³/mol. The zero-order valence-electron chi connectivity index (χ0n) is 12.4. The third-order valence-electron chi connectivity index (χ3n) is 3.83. The summed E-state index contributed by atoms with van der Waals surface area (Å²) < 4.78 is 1.15. The summed E-state index contributed by atoms with van der Waals surface area (Å²) in [5.41, 5.74) is 2.51. The van der Waals surface area contributed by atoms with Gasteiger partial charge in [0.1, 0.15) is 0 Å². The van der Waals surface area contributed by atoms with Crippen molar-refractivity contribution < 1.29 is 0 Å². The molecule has 1 heterocycles. The van der Waals surface area contributed by atoms with E-state index in [1.54, 1.807) is 11.3 Å². The van der Waals surface area contributed by atoms with Crippen molar-refractivity contribution in [1.29, 1.82) is 0 Å². The largest absolute Gasteiger partial charge is 0.367 e. The molecule has 108 valence electrons. The Morgan fingerprint density at radius 3 is 2.55 bits per heavy atom. The fourth-order valence-corrected chi connectivity index (χ4v) is 3.72. The Hall–Kier alpha value is -0.840. The van der Waals surface area contributed by atoms with Crippen LogP contribution in [0.1, 0.15) is 36.4 Å². The van der Waals surface area contributed by atoms with Crippen molar-refractivity contribution in [3.05, 3.63) is 50.6 Å². The molecule has 0 aliphatic rings. The molecule has 0 saturated heterocycles. The normalized spacial score (nSPS) is 14.1. The molecule has 20 heavy (non-hydrogen) atoms. The van der Waals surface area contributed by atoms with E-state index in [0.717, 1.165) is 4.47 Å². The maximum absolute atomic E-state index is 3.69. The van der Waals surface area contributed by atoms with Gasteiger partial charge in [-0.25, -0.2) is 0 Å². The van der Waals surface area contributed by atoms with E-state index in [9.17, 15) is 0 Å². The molecule has 0 bridgehead atoms.